The van der Waals surface area contributed by atoms with Gasteiger partial charge in [0.25, 0.3) is 0 Å². The molecule has 0 aliphatic carbocycles. The third kappa shape index (κ3) is 1.37. The summed E-state index contributed by atoms with van der Waals surface area (Å²) in [5.41, 5.74) is 0.687. The molecule has 1 aromatic carbocycles. The van der Waals surface area contributed by atoms with Crippen molar-refractivity contribution in [3.8, 4) is 11.5 Å². The van der Waals surface area contributed by atoms with E-state index in [2.05, 4.69) is 5.29 Å². The minimum atomic E-state index is 0.464. The summed E-state index contributed by atoms with van der Waals surface area (Å²) in [6.45, 7) is 0.953. The van der Waals surface area contributed by atoms with Crippen molar-refractivity contribution in [1.29, 1.82) is 0 Å². The van der Waals surface area contributed by atoms with E-state index in [1.165, 1.54) is 5.01 Å². The normalized spacial score (nSPS) is 14.2. The molecule has 0 N–H and O–H groups in total. The number of rotatable bonds is 2. The first-order valence-corrected chi connectivity index (χ1v) is 4.27. The van der Waals surface area contributed by atoms with Gasteiger partial charge in [-0.1, -0.05) is 0 Å². The zero-order valence-electron chi connectivity index (χ0n) is 7.77. The van der Waals surface area contributed by atoms with Crippen LogP contribution >= 0.6 is 0 Å². The average molecular weight is 194 g/mol. The van der Waals surface area contributed by atoms with Gasteiger partial charge < -0.3 is 9.47 Å². The van der Waals surface area contributed by atoms with E-state index in [0.717, 1.165) is 0 Å². The van der Waals surface area contributed by atoms with E-state index in [1.807, 2.05) is 0 Å². The third-order valence-corrected chi connectivity index (χ3v) is 2.10. The van der Waals surface area contributed by atoms with Gasteiger partial charge in [0.05, 0.1) is 18.9 Å². The summed E-state index contributed by atoms with van der Waals surface area (Å²) in [6, 6.07) is 5.27. The Morgan fingerprint density at radius 2 is 2.43 bits per heavy atom. The molecule has 0 unspecified atom stereocenters. The van der Waals surface area contributed by atoms with Crippen molar-refractivity contribution in [3.63, 3.8) is 0 Å². The summed E-state index contributed by atoms with van der Waals surface area (Å²) in [5, 5.41) is 4.28. The second-order valence-electron chi connectivity index (χ2n) is 2.89. The van der Waals surface area contributed by atoms with Gasteiger partial charge in [0.15, 0.2) is 0 Å². The maximum Gasteiger partial charge on any atom is 0.148 e. The second kappa shape index (κ2) is 3.53. The quantitative estimate of drug-likeness (QED) is 0.670. The fraction of sp³-hybridized carbons (Fsp3) is 0.333. The first-order chi connectivity index (χ1) is 6.85. The Kier molecular flexibility index (Phi) is 2.22. The van der Waals surface area contributed by atoms with Crippen molar-refractivity contribution in [3.05, 3.63) is 23.1 Å². The minimum absolute atomic E-state index is 0.464. The molecule has 0 spiro atoms. The maximum absolute atomic E-state index is 10.5. The number of nitrogens with zero attached hydrogens (tertiary/aromatic N) is 2. The molecule has 0 fully saturated rings. The lowest BCUT2D eigenvalue weighted by molar-refractivity contribution is 0.305. The van der Waals surface area contributed by atoms with Gasteiger partial charge in [-0.25, -0.2) is 5.01 Å². The molecule has 1 aliphatic heterocycles. The predicted octanol–water partition coefficient (Wildman–Crippen LogP) is 1.58. The van der Waals surface area contributed by atoms with Gasteiger partial charge in [-0.05, 0) is 12.1 Å². The van der Waals surface area contributed by atoms with Gasteiger partial charge in [-0.15, -0.1) is 4.91 Å². The highest BCUT2D eigenvalue weighted by molar-refractivity contribution is 5.61. The Balaban J connectivity index is 2.40. The van der Waals surface area contributed by atoms with Crippen LogP contribution in [0, 0.1) is 4.91 Å². The molecule has 0 saturated carbocycles. The highest BCUT2D eigenvalue weighted by Gasteiger charge is 2.18. The molecule has 14 heavy (non-hydrogen) atoms. The average Bonchev–Trinajstić information content (AvgIpc) is 2.27. The van der Waals surface area contributed by atoms with Crippen LogP contribution in [0.15, 0.2) is 23.5 Å². The summed E-state index contributed by atoms with van der Waals surface area (Å²) in [6.07, 6.45) is 0. The fourth-order valence-electron chi connectivity index (χ4n) is 1.40. The van der Waals surface area contributed by atoms with E-state index in [-0.39, 0.29) is 0 Å². The van der Waals surface area contributed by atoms with E-state index in [1.54, 1.807) is 25.3 Å². The first kappa shape index (κ1) is 8.80. The van der Waals surface area contributed by atoms with Crippen LogP contribution in [0.5, 0.6) is 11.5 Å². The molecule has 0 amide bonds. The molecule has 2 rings (SSSR count). The Hall–Kier alpha value is -1.78. The molecule has 5 nitrogen and oxygen atoms in total. The number of fused-ring (bicyclic) bond motifs is 1. The van der Waals surface area contributed by atoms with Crippen LogP contribution in [0.1, 0.15) is 0 Å². The van der Waals surface area contributed by atoms with E-state index in [4.69, 9.17) is 9.47 Å². The molecular formula is C9H10N2O3. The number of nitroso groups, excluding NO2 is 1. The van der Waals surface area contributed by atoms with Crippen molar-refractivity contribution in [1.82, 2.24) is 0 Å². The molecule has 0 atom stereocenters. The van der Waals surface area contributed by atoms with Crippen molar-refractivity contribution in [2.24, 2.45) is 5.29 Å². The zero-order chi connectivity index (χ0) is 9.97. The molecule has 0 saturated heterocycles. The SMILES string of the molecule is COc1ccc2c(c1)OCCN2N=O. The molecule has 0 bridgehead atoms. The fourth-order valence-corrected chi connectivity index (χ4v) is 1.40. The summed E-state index contributed by atoms with van der Waals surface area (Å²) in [7, 11) is 1.58. The lowest BCUT2D eigenvalue weighted by Crippen LogP contribution is -2.27. The molecule has 0 radical (unpaired) electrons. The van der Waals surface area contributed by atoms with Gasteiger partial charge in [0.2, 0.25) is 0 Å². The predicted molar refractivity (Wildman–Crippen MR) is 51.6 cm³/mol. The van der Waals surface area contributed by atoms with E-state index >= 15 is 0 Å². The Morgan fingerprint density at radius 3 is 3.14 bits per heavy atom. The molecule has 1 heterocycles. The highest BCUT2D eigenvalue weighted by atomic mass is 16.5. The second-order valence-corrected chi connectivity index (χ2v) is 2.89. The van der Waals surface area contributed by atoms with Crippen LogP contribution in [-0.2, 0) is 0 Å². The Bertz CT molecular complexity index is 354. The summed E-state index contributed by atoms with van der Waals surface area (Å²) in [5.74, 6) is 1.34. The minimum Gasteiger partial charge on any atom is -0.497 e. The molecule has 1 aromatic rings. The van der Waals surface area contributed by atoms with Crippen LogP contribution < -0.4 is 14.5 Å². The molecule has 1 aliphatic rings. The first-order valence-electron chi connectivity index (χ1n) is 4.27. The van der Waals surface area contributed by atoms with E-state index in [9.17, 15) is 4.91 Å². The molecule has 74 valence electrons. The summed E-state index contributed by atoms with van der Waals surface area (Å²) in [4.78, 5) is 10.5. The summed E-state index contributed by atoms with van der Waals surface area (Å²) < 4.78 is 10.4. The van der Waals surface area contributed by atoms with Gasteiger partial charge in [0.1, 0.15) is 23.8 Å². The topological polar surface area (TPSA) is 51.1 Å². The maximum atomic E-state index is 10.5. The Morgan fingerprint density at radius 1 is 1.57 bits per heavy atom. The lowest BCUT2D eigenvalue weighted by atomic mass is 10.2. The van der Waals surface area contributed by atoms with E-state index in [0.29, 0.717) is 30.3 Å². The number of ether oxygens (including phenoxy) is 2. The van der Waals surface area contributed by atoms with Crippen LogP contribution in [0.25, 0.3) is 0 Å². The standard InChI is InChI=1S/C9H10N2O3/c1-13-7-2-3-8-9(6-7)14-5-4-11(8)10-12/h2-3,6H,4-5H2,1H3. The van der Waals surface area contributed by atoms with Crippen LogP contribution in [0.2, 0.25) is 0 Å². The Labute approximate surface area is 81.2 Å². The summed E-state index contributed by atoms with van der Waals surface area (Å²) >= 11 is 0. The number of hydrogen-bond donors (Lipinski definition) is 0. The lowest BCUT2D eigenvalue weighted by Gasteiger charge is -2.24. The number of methoxy groups -OCH3 is 1. The van der Waals surface area contributed by atoms with Crippen molar-refractivity contribution < 1.29 is 9.47 Å². The smallest absolute Gasteiger partial charge is 0.148 e. The molecule has 0 aromatic heterocycles. The van der Waals surface area contributed by atoms with E-state index < -0.39 is 0 Å². The van der Waals surface area contributed by atoms with Crippen molar-refractivity contribution >= 4 is 5.69 Å². The van der Waals surface area contributed by atoms with Crippen molar-refractivity contribution in [2.45, 2.75) is 0 Å². The monoisotopic (exact) mass is 194 g/mol. The third-order valence-electron chi connectivity index (χ3n) is 2.10. The molecule has 5 heteroatoms. The highest BCUT2D eigenvalue weighted by Crippen LogP contribution is 2.34. The number of benzene rings is 1. The number of anilines is 1. The van der Waals surface area contributed by atoms with Crippen LogP contribution in [0.4, 0.5) is 5.69 Å². The van der Waals surface area contributed by atoms with Crippen LogP contribution in [0.3, 0.4) is 0 Å². The largest absolute Gasteiger partial charge is 0.497 e. The van der Waals surface area contributed by atoms with Gasteiger partial charge in [-0.2, -0.15) is 0 Å². The van der Waals surface area contributed by atoms with Crippen LogP contribution in [-0.4, -0.2) is 20.3 Å². The zero-order valence-corrected chi connectivity index (χ0v) is 7.77. The van der Waals surface area contributed by atoms with Crippen molar-refractivity contribution in [2.75, 3.05) is 25.3 Å². The number of hydrogen-bond acceptors (Lipinski definition) is 4. The van der Waals surface area contributed by atoms with Gasteiger partial charge >= 0.3 is 0 Å². The van der Waals surface area contributed by atoms with Gasteiger partial charge in [-0.3, -0.25) is 0 Å². The molecular weight excluding hydrogens is 184 g/mol. The van der Waals surface area contributed by atoms with Gasteiger partial charge in [0, 0.05) is 6.07 Å².